The zero-order chi connectivity index (χ0) is 16.2. The predicted molar refractivity (Wildman–Crippen MR) is 87.3 cm³/mol. The first-order chi connectivity index (χ1) is 10.4. The first-order valence-corrected chi connectivity index (χ1v) is 9.38. The van der Waals surface area contributed by atoms with Gasteiger partial charge in [0.1, 0.15) is 0 Å². The molecule has 2 atom stereocenters. The Labute approximate surface area is 132 Å². The molecule has 6 heteroatoms. The van der Waals surface area contributed by atoms with Crippen molar-refractivity contribution in [2.75, 3.05) is 32.1 Å². The largest absolute Gasteiger partial charge is 0.354 e. The minimum absolute atomic E-state index is 0.0282. The van der Waals surface area contributed by atoms with Crippen molar-refractivity contribution in [3.05, 3.63) is 35.9 Å². The first kappa shape index (κ1) is 17.0. The Morgan fingerprint density at radius 3 is 2.55 bits per heavy atom. The van der Waals surface area contributed by atoms with Gasteiger partial charge in [0.2, 0.25) is 5.91 Å². The molecule has 0 spiro atoms. The molecule has 0 aliphatic carbocycles. The number of sulfone groups is 1. The van der Waals surface area contributed by atoms with E-state index in [0.717, 1.165) is 5.56 Å². The number of hydrogen-bond donors (Lipinski definition) is 1. The van der Waals surface area contributed by atoms with Crippen LogP contribution in [0.1, 0.15) is 24.4 Å². The second-order valence-electron chi connectivity index (χ2n) is 6.17. The molecule has 1 saturated heterocycles. The van der Waals surface area contributed by atoms with Crippen molar-refractivity contribution in [1.82, 2.24) is 10.2 Å². The minimum atomic E-state index is -2.92. The average Bonchev–Trinajstić information content (AvgIpc) is 2.79. The fourth-order valence-electron chi connectivity index (χ4n) is 2.85. The van der Waals surface area contributed by atoms with E-state index < -0.39 is 9.84 Å². The smallest absolute Gasteiger partial charge is 0.220 e. The predicted octanol–water partition coefficient (Wildman–Crippen LogP) is 1.23. The van der Waals surface area contributed by atoms with Crippen LogP contribution in [0.15, 0.2) is 30.3 Å². The summed E-state index contributed by atoms with van der Waals surface area (Å²) in [7, 11) is 1.04. The molecule has 0 saturated carbocycles. The molecule has 2 unspecified atom stereocenters. The summed E-state index contributed by atoms with van der Waals surface area (Å²) in [5.74, 6) is 0.273. The number of nitrogens with one attached hydrogen (secondary N) is 1. The summed E-state index contributed by atoms with van der Waals surface area (Å²) in [6.45, 7) is 0.523. The SMILES string of the molecule is CN(C)C(CNC(=O)CC1CCS(=O)(=O)C1)c1ccccc1. The van der Waals surface area contributed by atoms with Gasteiger partial charge < -0.3 is 10.2 Å². The van der Waals surface area contributed by atoms with E-state index in [9.17, 15) is 13.2 Å². The van der Waals surface area contributed by atoms with Gasteiger partial charge in [0.15, 0.2) is 9.84 Å². The van der Waals surface area contributed by atoms with Gasteiger partial charge in [-0.15, -0.1) is 0 Å². The van der Waals surface area contributed by atoms with Crippen LogP contribution in [0, 0.1) is 5.92 Å². The molecule has 22 heavy (non-hydrogen) atoms. The fraction of sp³-hybridized carbons (Fsp3) is 0.562. The fourth-order valence-corrected chi connectivity index (χ4v) is 4.71. The maximum absolute atomic E-state index is 12.0. The molecule has 1 aliphatic rings. The third kappa shape index (κ3) is 4.81. The molecular formula is C16H24N2O3S. The van der Waals surface area contributed by atoms with E-state index in [2.05, 4.69) is 10.2 Å². The quantitative estimate of drug-likeness (QED) is 0.855. The molecular weight excluding hydrogens is 300 g/mol. The Kier molecular flexibility index (Phi) is 5.58. The molecule has 122 valence electrons. The van der Waals surface area contributed by atoms with Gasteiger partial charge in [0, 0.05) is 13.0 Å². The first-order valence-electron chi connectivity index (χ1n) is 7.56. The number of carbonyl (C=O) groups is 1. The number of amides is 1. The molecule has 1 aromatic carbocycles. The van der Waals surface area contributed by atoms with E-state index >= 15 is 0 Å². The van der Waals surface area contributed by atoms with E-state index in [4.69, 9.17) is 0 Å². The molecule has 1 N–H and O–H groups in total. The summed E-state index contributed by atoms with van der Waals surface area (Å²) in [5.41, 5.74) is 1.15. The Morgan fingerprint density at radius 2 is 2.00 bits per heavy atom. The van der Waals surface area contributed by atoms with E-state index in [1.165, 1.54) is 0 Å². The van der Waals surface area contributed by atoms with E-state index in [0.29, 0.717) is 19.4 Å². The van der Waals surface area contributed by atoms with Gasteiger partial charge in [0.05, 0.1) is 17.5 Å². The topological polar surface area (TPSA) is 66.5 Å². The highest BCUT2D eigenvalue weighted by Gasteiger charge is 2.29. The van der Waals surface area contributed by atoms with E-state index in [1.807, 2.05) is 44.4 Å². The van der Waals surface area contributed by atoms with Crippen LogP contribution in [0.3, 0.4) is 0 Å². The summed E-state index contributed by atoms with van der Waals surface area (Å²) in [5, 5.41) is 2.94. The summed E-state index contributed by atoms with van der Waals surface area (Å²) >= 11 is 0. The molecule has 1 aromatic rings. The molecule has 1 heterocycles. The lowest BCUT2D eigenvalue weighted by Crippen LogP contribution is -2.35. The highest BCUT2D eigenvalue weighted by Crippen LogP contribution is 2.22. The van der Waals surface area contributed by atoms with Crippen LogP contribution < -0.4 is 5.32 Å². The van der Waals surface area contributed by atoms with Crippen molar-refractivity contribution in [3.63, 3.8) is 0 Å². The number of hydrogen-bond acceptors (Lipinski definition) is 4. The van der Waals surface area contributed by atoms with Gasteiger partial charge in [-0.3, -0.25) is 4.79 Å². The van der Waals surface area contributed by atoms with Crippen LogP contribution in [-0.4, -0.2) is 51.4 Å². The second-order valence-corrected chi connectivity index (χ2v) is 8.40. The van der Waals surface area contributed by atoms with Crippen LogP contribution in [-0.2, 0) is 14.6 Å². The monoisotopic (exact) mass is 324 g/mol. The number of rotatable bonds is 6. The molecule has 5 nitrogen and oxygen atoms in total. The highest BCUT2D eigenvalue weighted by molar-refractivity contribution is 7.91. The van der Waals surface area contributed by atoms with Crippen LogP contribution in [0.2, 0.25) is 0 Å². The maximum atomic E-state index is 12.0. The Hall–Kier alpha value is -1.40. The van der Waals surface area contributed by atoms with Gasteiger partial charge >= 0.3 is 0 Å². The Morgan fingerprint density at radius 1 is 1.32 bits per heavy atom. The summed E-state index contributed by atoms with van der Waals surface area (Å²) in [6.07, 6.45) is 0.902. The Bertz CT molecular complexity index is 599. The number of carbonyl (C=O) groups excluding carboxylic acids is 1. The summed E-state index contributed by atoms with van der Waals surface area (Å²) in [4.78, 5) is 14.1. The second kappa shape index (κ2) is 7.24. The van der Waals surface area contributed by atoms with Gasteiger partial charge in [-0.1, -0.05) is 30.3 Å². The van der Waals surface area contributed by atoms with Crippen molar-refractivity contribution in [2.24, 2.45) is 5.92 Å². The van der Waals surface area contributed by atoms with Crippen molar-refractivity contribution in [2.45, 2.75) is 18.9 Å². The van der Waals surface area contributed by atoms with Gasteiger partial charge in [0.25, 0.3) is 0 Å². The lowest BCUT2D eigenvalue weighted by molar-refractivity contribution is -0.122. The number of benzene rings is 1. The Balaban J connectivity index is 1.86. The number of likely N-dealkylation sites (N-methyl/N-ethyl adjacent to an activating group) is 1. The third-order valence-corrected chi connectivity index (χ3v) is 5.94. The molecule has 0 radical (unpaired) electrons. The molecule has 2 rings (SSSR count). The van der Waals surface area contributed by atoms with Crippen molar-refractivity contribution in [1.29, 1.82) is 0 Å². The van der Waals surface area contributed by atoms with Crippen molar-refractivity contribution < 1.29 is 13.2 Å². The highest BCUT2D eigenvalue weighted by atomic mass is 32.2. The van der Waals surface area contributed by atoms with Crippen molar-refractivity contribution in [3.8, 4) is 0 Å². The van der Waals surface area contributed by atoms with E-state index in [-0.39, 0.29) is 29.4 Å². The normalized spacial score (nSPS) is 21.7. The van der Waals surface area contributed by atoms with Gasteiger partial charge in [-0.05, 0) is 32.0 Å². The zero-order valence-corrected chi connectivity index (χ0v) is 14.0. The molecule has 0 aromatic heterocycles. The van der Waals surface area contributed by atoms with Crippen LogP contribution >= 0.6 is 0 Å². The van der Waals surface area contributed by atoms with Crippen LogP contribution in [0.5, 0.6) is 0 Å². The lowest BCUT2D eigenvalue weighted by Gasteiger charge is -2.25. The average molecular weight is 324 g/mol. The lowest BCUT2D eigenvalue weighted by atomic mass is 10.0. The maximum Gasteiger partial charge on any atom is 0.220 e. The summed E-state index contributed by atoms with van der Waals surface area (Å²) < 4.78 is 22.8. The van der Waals surface area contributed by atoms with Crippen molar-refractivity contribution >= 4 is 15.7 Å². The van der Waals surface area contributed by atoms with Crippen LogP contribution in [0.4, 0.5) is 0 Å². The van der Waals surface area contributed by atoms with Gasteiger partial charge in [-0.2, -0.15) is 0 Å². The zero-order valence-electron chi connectivity index (χ0n) is 13.2. The molecule has 1 aliphatic heterocycles. The standard InChI is InChI=1S/C16H24N2O3S/c1-18(2)15(14-6-4-3-5-7-14)11-17-16(19)10-13-8-9-22(20,21)12-13/h3-7,13,15H,8-12H2,1-2H3,(H,17,19). The number of nitrogens with zero attached hydrogens (tertiary/aromatic N) is 1. The van der Waals surface area contributed by atoms with Gasteiger partial charge in [-0.25, -0.2) is 8.42 Å². The minimum Gasteiger partial charge on any atom is -0.354 e. The van der Waals surface area contributed by atoms with Crippen LogP contribution in [0.25, 0.3) is 0 Å². The van der Waals surface area contributed by atoms with E-state index in [1.54, 1.807) is 0 Å². The third-order valence-electron chi connectivity index (χ3n) is 4.10. The molecule has 1 amide bonds. The molecule has 1 fully saturated rings. The summed E-state index contributed by atoms with van der Waals surface area (Å²) in [6, 6.07) is 10.1. The molecule has 0 bridgehead atoms.